The van der Waals surface area contributed by atoms with Crippen LogP contribution in [0.3, 0.4) is 0 Å². The number of amides is 1. The Kier molecular flexibility index (Phi) is 5.83. The molecule has 0 aromatic heterocycles. The maximum Gasteiger partial charge on any atom is 0.241 e. The molecule has 116 valence electrons. The zero-order valence-corrected chi connectivity index (χ0v) is 13.9. The summed E-state index contributed by atoms with van der Waals surface area (Å²) < 4.78 is 0. The predicted molar refractivity (Wildman–Crippen MR) is 92.5 cm³/mol. The van der Waals surface area contributed by atoms with Crippen LogP contribution in [0.5, 0.6) is 0 Å². The zero-order valence-electron chi connectivity index (χ0n) is 12.4. The number of halogens is 2. The van der Waals surface area contributed by atoms with Crippen LogP contribution in [-0.4, -0.2) is 11.9 Å². The van der Waals surface area contributed by atoms with E-state index in [2.05, 4.69) is 10.6 Å². The van der Waals surface area contributed by atoms with Crippen molar-refractivity contribution in [1.82, 2.24) is 5.32 Å². The Morgan fingerprint density at radius 1 is 1.00 bits per heavy atom. The van der Waals surface area contributed by atoms with Gasteiger partial charge in [0.1, 0.15) is 0 Å². The van der Waals surface area contributed by atoms with E-state index in [1.165, 1.54) is 0 Å². The van der Waals surface area contributed by atoms with Gasteiger partial charge in [-0.1, -0.05) is 41.4 Å². The van der Waals surface area contributed by atoms with Crippen LogP contribution in [0.25, 0.3) is 0 Å². The lowest BCUT2D eigenvalue weighted by Crippen LogP contribution is -2.39. The lowest BCUT2D eigenvalue weighted by atomic mass is 10.1. The van der Waals surface area contributed by atoms with E-state index >= 15 is 0 Å². The third-order valence-electron chi connectivity index (χ3n) is 3.36. The van der Waals surface area contributed by atoms with E-state index in [4.69, 9.17) is 23.2 Å². The lowest BCUT2D eigenvalue weighted by Gasteiger charge is -2.20. The molecule has 0 aliphatic heterocycles. The van der Waals surface area contributed by atoms with Crippen LogP contribution in [-0.2, 0) is 4.79 Å². The number of rotatable bonds is 5. The van der Waals surface area contributed by atoms with Gasteiger partial charge in [-0.25, -0.2) is 0 Å². The Morgan fingerprint density at radius 2 is 1.68 bits per heavy atom. The molecule has 2 rings (SSSR count). The fourth-order valence-corrected chi connectivity index (χ4v) is 2.43. The van der Waals surface area contributed by atoms with Crippen LogP contribution in [0.1, 0.15) is 25.5 Å². The SMILES string of the molecule is C[C@@H](N[C@H](C)c1ccc(Cl)cc1)C(=O)Nc1cccc(Cl)c1. The molecule has 1 amide bonds. The number of carbonyl (C=O) groups is 1. The maximum absolute atomic E-state index is 12.2. The van der Waals surface area contributed by atoms with Crippen LogP contribution in [0.15, 0.2) is 48.5 Å². The molecule has 2 aromatic carbocycles. The van der Waals surface area contributed by atoms with Gasteiger partial charge < -0.3 is 5.32 Å². The molecule has 0 aliphatic carbocycles. The van der Waals surface area contributed by atoms with Crippen LogP contribution < -0.4 is 10.6 Å². The van der Waals surface area contributed by atoms with Crippen molar-refractivity contribution in [2.24, 2.45) is 0 Å². The minimum atomic E-state index is -0.343. The molecule has 0 fully saturated rings. The van der Waals surface area contributed by atoms with Gasteiger partial charge in [0, 0.05) is 21.8 Å². The van der Waals surface area contributed by atoms with E-state index in [9.17, 15) is 4.79 Å². The minimum Gasteiger partial charge on any atom is -0.325 e. The largest absolute Gasteiger partial charge is 0.325 e. The topological polar surface area (TPSA) is 41.1 Å². The second-order valence-corrected chi connectivity index (χ2v) is 6.03. The van der Waals surface area contributed by atoms with Gasteiger partial charge in [0.2, 0.25) is 5.91 Å². The average molecular weight is 337 g/mol. The summed E-state index contributed by atoms with van der Waals surface area (Å²) in [7, 11) is 0. The van der Waals surface area contributed by atoms with Crippen molar-refractivity contribution in [3.63, 3.8) is 0 Å². The number of hydrogen-bond acceptors (Lipinski definition) is 2. The van der Waals surface area contributed by atoms with Crippen LogP contribution in [0.4, 0.5) is 5.69 Å². The average Bonchev–Trinajstić information content (AvgIpc) is 2.47. The number of hydrogen-bond donors (Lipinski definition) is 2. The van der Waals surface area contributed by atoms with Crippen molar-refractivity contribution in [2.45, 2.75) is 25.9 Å². The minimum absolute atomic E-state index is 0.0392. The molecule has 2 N–H and O–H groups in total. The monoisotopic (exact) mass is 336 g/mol. The molecule has 0 spiro atoms. The molecule has 0 heterocycles. The molecule has 2 atom stereocenters. The fraction of sp³-hybridized carbons (Fsp3) is 0.235. The number of nitrogens with one attached hydrogen (secondary N) is 2. The standard InChI is InChI=1S/C17H18Cl2N2O/c1-11(13-6-8-14(18)9-7-13)20-12(2)17(22)21-16-5-3-4-15(19)10-16/h3-12,20H,1-2H3,(H,21,22)/t11-,12-/m1/s1. The predicted octanol–water partition coefficient (Wildman–Crippen LogP) is 4.67. The molecule has 0 radical (unpaired) electrons. The molecule has 3 nitrogen and oxygen atoms in total. The quantitative estimate of drug-likeness (QED) is 0.832. The molecular weight excluding hydrogens is 319 g/mol. The van der Waals surface area contributed by atoms with Gasteiger partial charge in [0.05, 0.1) is 6.04 Å². The van der Waals surface area contributed by atoms with E-state index in [0.29, 0.717) is 15.7 Å². The molecular formula is C17H18Cl2N2O. The van der Waals surface area contributed by atoms with E-state index in [1.807, 2.05) is 38.1 Å². The van der Waals surface area contributed by atoms with E-state index in [0.717, 1.165) is 5.56 Å². The Labute approximate surface area is 140 Å². The lowest BCUT2D eigenvalue weighted by molar-refractivity contribution is -0.117. The normalized spacial score (nSPS) is 13.5. The third-order valence-corrected chi connectivity index (χ3v) is 3.84. The summed E-state index contributed by atoms with van der Waals surface area (Å²) in [5, 5.41) is 7.39. The fourth-order valence-electron chi connectivity index (χ4n) is 2.12. The summed E-state index contributed by atoms with van der Waals surface area (Å²) in [4.78, 5) is 12.2. The third kappa shape index (κ3) is 4.73. The highest BCUT2D eigenvalue weighted by Gasteiger charge is 2.16. The molecule has 5 heteroatoms. The first-order chi connectivity index (χ1) is 10.5. The van der Waals surface area contributed by atoms with Gasteiger partial charge in [-0.2, -0.15) is 0 Å². The van der Waals surface area contributed by atoms with Gasteiger partial charge in [-0.3, -0.25) is 10.1 Å². The first-order valence-electron chi connectivity index (χ1n) is 7.03. The number of anilines is 1. The Hall–Kier alpha value is -1.55. The van der Waals surface area contributed by atoms with Crippen LogP contribution in [0.2, 0.25) is 10.0 Å². The van der Waals surface area contributed by atoms with Crippen molar-refractivity contribution < 1.29 is 4.79 Å². The molecule has 2 aromatic rings. The highest BCUT2D eigenvalue weighted by molar-refractivity contribution is 6.31. The van der Waals surface area contributed by atoms with Crippen molar-refractivity contribution in [3.05, 3.63) is 64.1 Å². The van der Waals surface area contributed by atoms with Gasteiger partial charge in [-0.15, -0.1) is 0 Å². The van der Waals surface area contributed by atoms with Crippen molar-refractivity contribution in [2.75, 3.05) is 5.32 Å². The summed E-state index contributed by atoms with van der Waals surface area (Å²) >= 11 is 11.8. The molecule has 0 unspecified atom stereocenters. The second kappa shape index (κ2) is 7.63. The van der Waals surface area contributed by atoms with Gasteiger partial charge in [0.15, 0.2) is 0 Å². The molecule has 0 saturated carbocycles. The summed E-state index contributed by atoms with van der Waals surface area (Å²) in [5.41, 5.74) is 1.76. The van der Waals surface area contributed by atoms with E-state index < -0.39 is 0 Å². The first-order valence-corrected chi connectivity index (χ1v) is 7.79. The molecule has 0 bridgehead atoms. The Morgan fingerprint density at radius 3 is 2.32 bits per heavy atom. The molecule has 0 aliphatic rings. The summed E-state index contributed by atoms with van der Waals surface area (Å²) in [6, 6.07) is 14.4. The maximum atomic E-state index is 12.2. The highest BCUT2D eigenvalue weighted by Crippen LogP contribution is 2.18. The van der Waals surface area contributed by atoms with E-state index in [1.54, 1.807) is 24.3 Å². The van der Waals surface area contributed by atoms with Crippen molar-refractivity contribution >= 4 is 34.8 Å². The zero-order chi connectivity index (χ0) is 16.1. The van der Waals surface area contributed by atoms with Crippen LogP contribution >= 0.6 is 23.2 Å². The smallest absolute Gasteiger partial charge is 0.241 e. The molecule has 22 heavy (non-hydrogen) atoms. The van der Waals surface area contributed by atoms with Crippen LogP contribution in [0, 0.1) is 0 Å². The number of carbonyl (C=O) groups excluding carboxylic acids is 1. The number of benzene rings is 2. The summed E-state index contributed by atoms with van der Waals surface area (Å²) in [5.74, 6) is -0.108. The second-order valence-electron chi connectivity index (χ2n) is 5.16. The van der Waals surface area contributed by atoms with Crippen molar-refractivity contribution in [1.29, 1.82) is 0 Å². The Balaban J connectivity index is 1.94. The van der Waals surface area contributed by atoms with Crippen molar-refractivity contribution in [3.8, 4) is 0 Å². The summed E-state index contributed by atoms with van der Waals surface area (Å²) in [6.07, 6.45) is 0. The van der Waals surface area contributed by atoms with Gasteiger partial charge >= 0.3 is 0 Å². The molecule has 0 saturated heterocycles. The van der Waals surface area contributed by atoms with E-state index in [-0.39, 0.29) is 18.0 Å². The first kappa shape index (κ1) is 16.8. The van der Waals surface area contributed by atoms with Gasteiger partial charge in [0.25, 0.3) is 0 Å². The summed E-state index contributed by atoms with van der Waals surface area (Å²) in [6.45, 7) is 3.83. The highest BCUT2D eigenvalue weighted by atomic mass is 35.5. The Bertz CT molecular complexity index is 643. The van der Waals surface area contributed by atoms with Gasteiger partial charge in [-0.05, 0) is 49.7 Å².